The van der Waals surface area contributed by atoms with Crippen LogP contribution in [0.2, 0.25) is 5.02 Å². The zero-order valence-corrected chi connectivity index (χ0v) is 15.4. The van der Waals surface area contributed by atoms with Crippen LogP contribution >= 0.6 is 11.6 Å². The predicted octanol–water partition coefficient (Wildman–Crippen LogP) is 3.76. The van der Waals surface area contributed by atoms with E-state index in [2.05, 4.69) is 20.4 Å². The Hall–Kier alpha value is -2.96. The maximum atomic E-state index is 10.9. The van der Waals surface area contributed by atoms with E-state index < -0.39 is 5.60 Å². The first-order valence-corrected chi connectivity index (χ1v) is 8.90. The van der Waals surface area contributed by atoms with E-state index in [0.717, 1.165) is 11.3 Å². The van der Waals surface area contributed by atoms with Crippen LogP contribution in [-0.4, -0.2) is 31.2 Å². The second-order valence-corrected chi connectivity index (χ2v) is 6.88. The van der Waals surface area contributed by atoms with Crippen molar-refractivity contribution in [3.8, 4) is 11.3 Å². The number of fused-ring (bicyclic) bond motifs is 1. The number of anilines is 1. The summed E-state index contributed by atoms with van der Waals surface area (Å²) in [6.45, 7) is 1.96. The molecule has 4 rings (SSSR count). The fraction of sp³-hybridized carbons (Fsp3) is 0.150. The molecule has 0 spiro atoms. The number of benzene rings is 2. The van der Waals surface area contributed by atoms with Crippen molar-refractivity contribution in [2.45, 2.75) is 12.5 Å². The summed E-state index contributed by atoms with van der Waals surface area (Å²) in [7, 11) is 0. The van der Waals surface area contributed by atoms with Crippen molar-refractivity contribution >= 4 is 23.2 Å². The zero-order chi connectivity index (χ0) is 18.9. The highest BCUT2D eigenvalue weighted by Crippen LogP contribution is 2.29. The molecule has 1 unspecified atom stereocenters. The van der Waals surface area contributed by atoms with Gasteiger partial charge in [0.05, 0.1) is 5.69 Å². The zero-order valence-electron chi connectivity index (χ0n) is 14.7. The van der Waals surface area contributed by atoms with Crippen LogP contribution in [0.5, 0.6) is 0 Å². The maximum Gasteiger partial charge on any atom is 0.254 e. The van der Waals surface area contributed by atoms with Crippen molar-refractivity contribution in [2.75, 3.05) is 11.9 Å². The van der Waals surface area contributed by atoms with Gasteiger partial charge in [0.2, 0.25) is 0 Å². The fourth-order valence-electron chi connectivity index (χ4n) is 2.95. The molecule has 2 aromatic heterocycles. The lowest BCUT2D eigenvalue weighted by atomic mass is 9.96. The van der Waals surface area contributed by atoms with Crippen molar-refractivity contribution in [2.24, 2.45) is 0 Å². The number of aromatic nitrogens is 4. The van der Waals surface area contributed by atoms with Crippen molar-refractivity contribution in [3.63, 3.8) is 0 Å². The number of hydrogen-bond donors (Lipinski definition) is 2. The van der Waals surface area contributed by atoms with Crippen LogP contribution < -0.4 is 5.32 Å². The summed E-state index contributed by atoms with van der Waals surface area (Å²) in [6, 6.07) is 19.0. The van der Waals surface area contributed by atoms with Gasteiger partial charge >= 0.3 is 0 Å². The number of hydrogen-bond acceptors (Lipinski definition) is 5. The number of aliphatic hydroxyl groups is 1. The molecule has 2 aromatic carbocycles. The summed E-state index contributed by atoms with van der Waals surface area (Å²) in [5, 5.41) is 18.9. The smallest absolute Gasteiger partial charge is 0.254 e. The van der Waals surface area contributed by atoms with Crippen molar-refractivity contribution in [1.82, 2.24) is 19.6 Å². The van der Waals surface area contributed by atoms with E-state index in [0.29, 0.717) is 22.2 Å². The van der Waals surface area contributed by atoms with Crippen LogP contribution in [0.25, 0.3) is 17.0 Å². The molecule has 4 aromatic rings. The molecule has 1 atom stereocenters. The molecule has 0 aliphatic heterocycles. The predicted molar refractivity (Wildman–Crippen MR) is 106 cm³/mol. The molecule has 0 aliphatic rings. The summed E-state index contributed by atoms with van der Waals surface area (Å²) in [5.41, 5.74) is 1.24. The minimum Gasteiger partial charge on any atom is -0.384 e. The van der Waals surface area contributed by atoms with Gasteiger partial charge in [0.1, 0.15) is 17.7 Å². The molecule has 0 bridgehead atoms. The Morgan fingerprint density at radius 1 is 1.11 bits per heavy atom. The molecule has 27 heavy (non-hydrogen) atoms. The summed E-state index contributed by atoms with van der Waals surface area (Å²) >= 11 is 6.25. The van der Waals surface area contributed by atoms with E-state index in [1.165, 1.54) is 6.33 Å². The molecule has 0 saturated heterocycles. The lowest BCUT2D eigenvalue weighted by Crippen LogP contribution is -2.31. The molecule has 0 amide bonds. The van der Waals surface area contributed by atoms with Gasteiger partial charge in [-0.1, -0.05) is 60.1 Å². The molecule has 0 fully saturated rings. The summed E-state index contributed by atoms with van der Waals surface area (Å²) < 4.78 is 1.61. The fourth-order valence-corrected chi connectivity index (χ4v) is 3.29. The number of halogens is 1. The molecule has 0 radical (unpaired) electrons. The molecule has 136 valence electrons. The first kappa shape index (κ1) is 17.5. The van der Waals surface area contributed by atoms with Crippen molar-refractivity contribution in [3.05, 3.63) is 77.6 Å². The Kier molecular flexibility index (Phi) is 4.51. The van der Waals surface area contributed by atoms with E-state index in [1.807, 2.05) is 54.6 Å². The molecule has 2 heterocycles. The van der Waals surface area contributed by atoms with Gasteiger partial charge in [-0.05, 0) is 13.0 Å². The summed E-state index contributed by atoms with van der Waals surface area (Å²) in [5.74, 6) is 1.17. The van der Waals surface area contributed by atoms with Crippen LogP contribution in [0, 0.1) is 0 Å². The van der Waals surface area contributed by atoms with Crippen LogP contribution in [0.15, 0.2) is 67.0 Å². The SMILES string of the molecule is CC(O)(CNc1cc(-c2ccccc2)nc2ncnn12)c1ccccc1Cl. The Bertz CT molecular complexity index is 1080. The first-order chi connectivity index (χ1) is 13.0. The lowest BCUT2D eigenvalue weighted by Gasteiger charge is -2.26. The highest BCUT2D eigenvalue weighted by molar-refractivity contribution is 6.31. The number of nitrogens with zero attached hydrogens (tertiary/aromatic N) is 4. The molecule has 0 aliphatic carbocycles. The van der Waals surface area contributed by atoms with E-state index in [4.69, 9.17) is 11.6 Å². The average Bonchev–Trinajstić information content (AvgIpc) is 3.16. The Balaban J connectivity index is 1.68. The van der Waals surface area contributed by atoms with Crippen LogP contribution in [0.1, 0.15) is 12.5 Å². The monoisotopic (exact) mass is 379 g/mol. The van der Waals surface area contributed by atoms with Gasteiger partial charge in [0, 0.05) is 28.8 Å². The van der Waals surface area contributed by atoms with E-state index >= 15 is 0 Å². The molecule has 0 saturated carbocycles. The third-order valence-electron chi connectivity index (χ3n) is 4.39. The molecular weight excluding hydrogens is 362 g/mol. The standard InChI is InChI=1S/C20H18ClN5O/c1-20(27,15-9-5-6-10-16(15)21)12-22-18-11-17(14-7-3-2-4-8-14)25-19-23-13-24-26(18)19/h2-11,13,22,27H,12H2,1H3. The van der Waals surface area contributed by atoms with Gasteiger partial charge in [0.15, 0.2) is 0 Å². The molecule has 7 heteroatoms. The second kappa shape index (κ2) is 6.98. The minimum absolute atomic E-state index is 0.240. The maximum absolute atomic E-state index is 10.9. The topological polar surface area (TPSA) is 75.3 Å². The normalized spacial score (nSPS) is 13.4. The molecule has 6 nitrogen and oxygen atoms in total. The lowest BCUT2D eigenvalue weighted by molar-refractivity contribution is 0.0715. The van der Waals surface area contributed by atoms with Gasteiger partial charge in [-0.3, -0.25) is 0 Å². The van der Waals surface area contributed by atoms with E-state index in [1.54, 1.807) is 17.5 Å². The van der Waals surface area contributed by atoms with Crippen molar-refractivity contribution in [1.29, 1.82) is 0 Å². The van der Waals surface area contributed by atoms with Gasteiger partial charge in [-0.15, -0.1) is 0 Å². The van der Waals surface area contributed by atoms with Crippen molar-refractivity contribution < 1.29 is 5.11 Å². The molecular formula is C20H18ClN5O. The Morgan fingerprint density at radius 3 is 2.63 bits per heavy atom. The Morgan fingerprint density at radius 2 is 1.85 bits per heavy atom. The highest BCUT2D eigenvalue weighted by Gasteiger charge is 2.26. The van der Waals surface area contributed by atoms with Crippen LogP contribution in [-0.2, 0) is 5.60 Å². The van der Waals surface area contributed by atoms with E-state index in [9.17, 15) is 5.11 Å². The van der Waals surface area contributed by atoms with Crippen LogP contribution in [0.4, 0.5) is 5.82 Å². The second-order valence-electron chi connectivity index (χ2n) is 6.47. The third-order valence-corrected chi connectivity index (χ3v) is 4.72. The summed E-state index contributed by atoms with van der Waals surface area (Å²) in [6.07, 6.45) is 1.45. The van der Waals surface area contributed by atoms with E-state index in [-0.39, 0.29) is 6.54 Å². The minimum atomic E-state index is -1.17. The third kappa shape index (κ3) is 3.49. The van der Waals surface area contributed by atoms with Gasteiger partial charge in [0.25, 0.3) is 5.78 Å². The Labute approximate surface area is 161 Å². The molecule has 2 N–H and O–H groups in total. The summed E-state index contributed by atoms with van der Waals surface area (Å²) in [4.78, 5) is 8.75. The van der Waals surface area contributed by atoms with Gasteiger partial charge < -0.3 is 10.4 Å². The average molecular weight is 380 g/mol. The highest BCUT2D eigenvalue weighted by atomic mass is 35.5. The van der Waals surface area contributed by atoms with Gasteiger partial charge in [-0.2, -0.15) is 14.6 Å². The van der Waals surface area contributed by atoms with Crippen LogP contribution in [0.3, 0.4) is 0 Å². The largest absolute Gasteiger partial charge is 0.384 e. The number of rotatable bonds is 5. The quantitative estimate of drug-likeness (QED) is 0.552. The number of nitrogens with one attached hydrogen (secondary N) is 1. The van der Waals surface area contributed by atoms with Gasteiger partial charge in [-0.25, -0.2) is 4.98 Å². The first-order valence-electron chi connectivity index (χ1n) is 8.52.